The summed E-state index contributed by atoms with van der Waals surface area (Å²) < 4.78 is 0. The van der Waals surface area contributed by atoms with Crippen LogP contribution in [0.5, 0.6) is 0 Å². The number of aromatic carboxylic acids is 1. The van der Waals surface area contributed by atoms with Gasteiger partial charge in [0.15, 0.2) is 0 Å². The first-order valence-electron chi connectivity index (χ1n) is 8.12. The molecule has 0 spiro atoms. The minimum atomic E-state index is -1.04. The van der Waals surface area contributed by atoms with Gasteiger partial charge in [0, 0.05) is 23.6 Å². The molecule has 3 rings (SSSR count). The second-order valence-corrected chi connectivity index (χ2v) is 6.08. The van der Waals surface area contributed by atoms with Gasteiger partial charge in [0.1, 0.15) is 11.6 Å². The highest BCUT2D eigenvalue weighted by Gasteiger charge is 2.25. The van der Waals surface area contributed by atoms with Crippen LogP contribution in [0, 0.1) is 11.3 Å². The summed E-state index contributed by atoms with van der Waals surface area (Å²) in [6, 6.07) is 15.8. The van der Waals surface area contributed by atoms with E-state index in [1.54, 1.807) is 6.20 Å². The highest BCUT2D eigenvalue weighted by atomic mass is 16.4. The number of anilines is 2. The first-order valence-corrected chi connectivity index (χ1v) is 8.12. The number of carboxylic acid groups (broad SMARTS) is 1. The third-order valence-corrected chi connectivity index (χ3v) is 4.28. The number of carbonyl (C=O) groups excluding carboxylic acids is 1. The van der Waals surface area contributed by atoms with Gasteiger partial charge in [-0.1, -0.05) is 18.2 Å². The summed E-state index contributed by atoms with van der Waals surface area (Å²) in [5.41, 5.74) is 2.71. The van der Waals surface area contributed by atoms with Crippen LogP contribution in [0.4, 0.5) is 11.4 Å². The van der Waals surface area contributed by atoms with E-state index in [0.29, 0.717) is 5.69 Å². The number of fused-ring (bicyclic) bond motifs is 1. The molecule has 1 atom stereocenters. The van der Waals surface area contributed by atoms with Crippen molar-refractivity contribution >= 4 is 23.3 Å². The van der Waals surface area contributed by atoms with Crippen LogP contribution in [0.2, 0.25) is 0 Å². The van der Waals surface area contributed by atoms with Crippen molar-refractivity contribution in [2.75, 3.05) is 10.2 Å². The summed E-state index contributed by atoms with van der Waals surface area (Å²) >= 11 is 0. The molecule has 0 fully saturated rings. The SMILES string of the molecule is CC1Cc2ccccc2N1/C=C(/C#N)C(=O)Nc1ccc(C(=O)O)cc1. The molecule has 2 aromatic rings. The number of nitrogens with zero attached hydrogens (tertiary/aromatic N) is 2. The number of rotatable bonds is 4. The Bertz CT molecular complexity index is 926. The number of para-hydroxylation sites is 1. The Kier molecular flexibility index (Phi) is 4.72. The highest BCUT2D eigenvalue weighted by Crippen LogP contribution is 2.32. The van der Waals surface area contributed by atoms with Crippen molar-refractivity contribution in [1.82, 2.24) is 0 Å². The van der Waals surface area contributed by atoms with E-state index >= 15 is 0 Å². The minimum Gasteiger partial charge on any atom is -0.478 e. The zero-order valence-electron chi connectivity index (χ0n) is 14.1. The molecule has 1 aliphatic rings. The van der Waals surface area contributed by atoms with Crippen molar-refractivity contribution in [3.05, 3.63) is 71.4 Å². The number of nitriles is 1. The lowest BCUT2D eigenvalue weighted by molar-refractivity contribution is -0.112. The Labute approximate surface area is 151 Å². The van der Waals surface area contributed by atoms with Gasteiger partial charge in [-0.25, -0.2) is 4.79 Å². The molecule has 26 heavy (non-hydrogen) atoms. The Balaban J connectivity index is 1.80. The van der Waals surface area contributed by atoms with Crippen LogP contribution in [-0.2, 0) is 11.2 Å². The van der Waals surface area contributed by atoms with Crippen LogP contribution in [0.1, 0.15) is 22.8 Å². The Hall–Kier alpha value is -3.59. The molecule has 2 N–H and O–H groups in total. The number of hydrogen-bond donors (Lipinski definition) is 2. The summed E-state index contributed by atoms with van der Waals surface area (Å²) in [5, 5.41) is 20.9. The van der Waals surface area contributed by atoms with Crippen molar-refractivity contribution in [2.45, 2.75) is 19.4 Å². The summed E-state index contributed by atoms with van der Waals surface area (Å²) in [5.74, 6) is -1.57. The van der Waals surface area contributed by atoms with Crippen molar-refractivity contribution in [1.29, 1.82) is 5.26 Å². The van der Waals surface area contributed by atoms with E-state index in [-0.39, 0.29) is 17.2 Å². The third-order valence-electron chi connectivity index (χ3n) is 4.28. The van der Waals surface area contributed by atoms with Crippen LogP contribution in [-0.4, -0.2) is 23.0 Å². The second kappa shape index (κ2) is 7.11. The quantitative estimate of drug-likeness (QED) is 0.654. The van der Waals surface area contributed by atoms with E-state index in [0.717, 1.165) is 12.1 Å². The largest absolute Gasteiger partial charge is 0.478 e. The molecule has 0 aromatic heterocycles. The molecule has 0 saturated carbocycles. The molecular formula is C20H17N3O3. The fraction of sp³-hybridized carbons (Fsp3) is 0.150. The van der Waals surface area contributed by atoms with Gasteiger partial charge in [-0.3, -0.25) is 4.79 Å². The number of benzene rings is 2. The lowest BCUT2D eigenvalue weighted by Crippen LogP contribution is -2.25. The number of carbonyl (C=O) groups is 2. The number of hydrogen-bond acceptors (Lipinski definition) is 4. The Morgan fingerprint density at radius 1 is 1.23 bits per heavy atom. The summed E-state index contributed by atoms with van der Waals surface area (Å²) in [4.78, 5) is 25.2. The van der Waals surface area contributed by atoms with E-state index in [4.69, 9.17) is 5.11 Å². The predicted molar refractivity (Wildman–Crippen MR) is 97.8 cm³/mol. The summed E-state index contributed by atoms with van der Waals surface area (Å²) in [7, 11) is 0. The molecule has 0 aliphatic carbocycles. The molecule has 130 valence electrons. The molecule has 2 aromatic carbocycles. The molecule has 6 nitrogen and oxygen atoms in total. The van der Waals surface area contributed by atoms with Crippen LogP contribution in [0.15, 0.2) is 60.3 Å². The lowest BCUT2D eigenvalue weighted by atomic mass is 10.1. The van der Waals surface area contributed by atoms with Crippen molar-refractivity contribution < 1.29 is 14.7 Å². The smallest absolute Gasteiger partial charge is 0.335 e. The molecule has 0 saturated heterocycles. The van der Waals surface area contributed by atoms with E-state index < -0.39 is 11.9 Å². The average molecular weight is 347 g/mol. The summed E-state index contributed by atoms with van der Waals surface area (Å²) in [6.07, 6.45) is 2.42. The molecule has 1 heterocycles. The van der Waals surface area contributed by atoms with Gasteiger partial charge in [-0.05, 0) is 49.2 Å². The highest BCUT2D eigenvalue weighted by molar-refractivity contribution is 6.07. The maximum Gasteiger partial charge on any atom is 0.335 e. The monoisotopic (exact) mass is 347 g/mol. The van der Waals surface area contributed by atoms with Gasteiger partial charge in [0.2, 0.25) is 0 Å². The molecular weight excluding hydrogens is 330 g/mol. The second-order valence-electron chi connectivity index (χ2n) is 6.08. The zero-order valence-corrected chi connectivity index (χ0v) is 14.1. The van der Waals surface area contributed by atoms with Crippen molar-refractivity contribution in [3.8, 4) is 6.07 Å². The number of amides is 1. The molecule has 1 amide bonds. The van der Waals surface area contributed by atoms with Crippen molar-refractivity contribution in [3.63, 3.8) is 0 Å². The molecule has 1 aliphatic heterocycles. The first-order chi connectivity index (χ1) is 12.5. The molecule has 0 radical (unpaired) electrons. The Morgan fingerprint density at radius 3 is 2.58 bits per heavy atom. The van der Waals surface area contributed by atoms with Gasteiger partial charge < -0.3 is 15.3 Å². The van der Waals surface area contributed by atoms with E-state index in [1.165, 1.54) is 29.8 Å². The number of carboxylic acids is 1. The van der Waals surface area contributed by atoms with Crippen LogP contribution < -0.4 is 10.2 Å². The fourth-order valence-corrected chi connectivity index (χ4v) is 2.96. The Morgan fingerprint density at radius 2 is 1.92 bits per heavy atom. The molecule has 1 unspecified atom stereocenters. The van der Waals surface area contributed by atoms with E-state index in [9.17, 15) is 14.9 Å². The third kappa shape index (κ3) is 3.42. The molecule has 0 bridgehead atoms. The maximum absolute atomic E-state index is 12.4. The first kappa shape index (κ1) is 17.2. The van der Waals surface area contributed by atoms with Gasteiger partial charge >= 0.3 is 5.97 Å². The lowest BCUT2D eigenvalue weighted by Gasteiger charge is -2.20. The van der Waals surface area contributed by atoms with Gasteiger partial charge in [-0.15, -0.1) is 0 Å². The maximum atomic E-state index is 12.4. The topological polar surface area (TPSA) is 93.4 Å². The minimum absolute atomic E-state index is 0.0177. The van der Waals surface area contributed by atoms with Gasteiger partial charge in [0.25, 0.3) is 5.91 Å². The zero-order chi connectivity index (χ0) is 18.7. The van der Waals surface area contributed by atoms with Crippen LogP contribution >= 0.6 is 0 Å². The molecule has 6 heteroatoms. The normalized spacial score (nSPS) is 15.9. The van der Waals surface area contributed by atoms with E-state index in [1.807, 2.05) is 42.2 Å². The van der Waals surface area contributed by atoms with Crippen LogP contribution in [0.25, 0.3) is 0 Å². The number of nitrogens with one attached hydrogen (secondary N) is 1. The fourth-order valence-electron chi connectivity index (χ4n) is 2.96. The average Bonchev–Trinajstić information content (AvgIpc) is 2.95. The standard InChI is InChI=1S/C20H17N3O3/c1-13-10-15-4-2-3-5-18(15)23(13)12-16(11-21)19(24)22-17-8-6-14(7-9-17)20(25)26/h2-9,12-13H,10H2,1H3,(H,22,24)(H,25,26)/b16-12-. The predicted octanol–water partition coefficient (Wildman–Crippen LogP) is 3.18. The van der Waals surface area contributed by atoms with Crippen LogP contribution in [0.3, 0.4) is 0 Å². The van der Waals surface area contributed by atoms with Gasteiger partial charge in [0.05, 0.1) is 5.56 Å². The summed E-state index contributed by atoms with van der Waals surface area (Å²) in [6.45, 7) is 2.04. The van der Waals surface area contributed by atoms with E-state index in [2.05, 4.69) is 5.32 Å². The van der Waals surface area contributed by atoms with Gasteiger partial charge in [-0.2, -0.15) is 5.26 Å². The van der Waals surface area contributed by atoms with Crippen molar-refractivity contribution in [2.24, 2.45) is 0 Å².